The van der Waals surface area contributed by atoms with Crippen LogP contribution in [-0.4, -0.2) is 27.5 Å². The number of nitrogens with one attached hydrogen (secondary N) is 1. The second-order valence-electron chi connectivity index (χ2n) is 3.89. The molecule has 0 fully saturated rings. The van der Waals surface area contributed by atoms with Crippen molar-refractivity contribution in [3.05, 3.63) is 36.4 Å². The number of nitrogens with two attached hydrogens (primary N) is 1. The lowest BCUT2D eigenvalue weighted by Gasteiger charge is -2.13. The Morgan fingerprint density at radius 2 is 2.16 bits per heavy atom. The monoisotopic (exact) mass is 284 g/mol. The molecule has 0 aliphatic rings. The molecule has 0 radical (unpaired) electrons. The van der Waals surface area contributed by atoms with Crippen LogP contribution in [0.4, 0.5) is 5.69 Å². The van der Waals surface area contributed by atoms with Crippen molar-refractivity contribution in [1.29, 1.82) is 0 Å². The van der Waals surface area contributed by atoms with Crippen LogP contribution in [0.3, 0.4) is 0 Å². The number of nitrogen functional groups attached to an aromatic ring is 1. The van der Waals surface area contributed by atoms with Gasteiger partial charge in [-0.25, -0.2) is 17.9 Å². The van der Waals surface area contributed by atoms with E-state index in [0.717, 1.165) is 0 Å². The molecule has 0 bridgehead atoms. The lowest BCUT2D eigenvalue weighted by molar-refractivity contribution is 0.0596. The smallest absolute Gasteiger partial charge is 0.339 e. The Labute approximate surface area is 112 Å². The van der Waals surface area contributed by atoms with Crippen molar-refractivity contribution in [1.82, 2.24) is 4.72 Å². The van der Waals surface area contributed by atoms with E-state index >= 15 is 0 Å². The van der Waals surface area contributed by atoms with E-state index in [1.54, 1.807) is 6.92 Å². The van der Waals surface area contributed by atoms with E-state index in [9.17, 15) is 13.2 Å². The van der Waals surface area contributed by atoms with Gasteiger partial charge in [-0.05, 0) is 25.1 Å². The maximum absolute atomic E-state index is 12.1. The molecule has 19 heavy (non-hydrogen) atoms. The van der Waals surface area contributed by atoms with Crippen LogP contribution >= 0.6 is 0 Å². The van der Waals surface area contributed by atoms with Crippen molar-refractivity contribution in [3.8, 4) is 0 Å². The van der Waals surface area contributed by atoms with E-state index in [0.29, 0.717) is 0 Å². The minimum Gasteiger partial charge on any atom is -0.465 e. The predicted octanol–water partition coefficient (Wildman–Crippen LogP) is 0.908. The Hall–Kier alpha value is -1.86. The third-order valence-corrected chi connectivity index (χ3v) is 4.01. The Balaban J connectivity index is 3.34. The Morgan fingerprint density at radius 3 is 2.68 bits per heavy atom. The summed E-state index contributed by atoms with van der Waals surface area (Å²) in [5.41, 5.74) is 5.72. The molecule has 7 heteroatoms. The predicted molar refractivity (Wildman–Crippen MR) is 72.2 cm³/mol. The van der Waals surface area contributed by atoms with Crippen molar-refractivity contribution in [3.63, 3.8) is 0 Å². The van der Waals surface area contributed by atoms with Crippen LogP contribution in [0.1, 0.15) is 17.3 Å². The van der Waals surface area contributed by atoms with E-state index in [4.69, 9.17) is 5.73 Å². The average Bonchev–Trinajstić information content (AvgIpc) is 2.36. The normalized spacial score (nSPS) is 12.7. The summed E-state index contributed by atoms with van der Waals surface area (Å²) in [6.07, 6.45) is 1.44. The minimum absolute atomic E-state index is 0.105. The number of rotatable bonds is 5. The van der Waals surface area contributed by atoms with Gasteiger partial charge < -0.3 is 10.5 Å². The number of hydrogen-bond acceptors (Lipinski definition) is 5. The minimum atomic E-state index is -3.85. The number of carbonyl (C=O) groups excluding carboxylic acids is 1. The highest BCUT2D eigenvalue weighted by atomic mass is 32.2. The molecule has 0 amide bonds. The van der Waals surface area contributed by atoms with Gasteiger partial charge in [-0.3, -0.25) is 0 Å². The second-order valence-corrected chi connectivity index (χ2v) is 5.58. The van der Waals surface area contributed by atoms with Crippen LogP contribution in [-0.2, 0) is 14.8 Å². The van der Waals surface area contributed by atoms with Crippen molar-refractivity contribution >= 4 is 21.7 Å². The molecule has 6 nitrogen and oxygen atoms in total. The maximum atomic E-state index is 12.1. The lowest BCUT2D eigenvalue weighted by Crippen LogP contribution is -2.32. The molecule has 0 saturated heterocycles. The molecule has 1 atom stereocenters. The molecule has 1 aromatic carbocycles. The van der Waals surface area contributed by atoms with E-state index < -0.39 is 22.0 Å². The number of ether oxygens (including phenoxy) is 1. The summed E-state index contributed by atoms with van der Waals surface area (Å²) in [4.78, 5) is 11.4. The van der Waals surface area contributed by atoms with Crippen molar-refractivity contribution in [2.75, 3.05) is 12.8 Å². The Morgan fingerprint density at radius 1 is 1.53 bits per heavy atom. The van der Waals surface area contributed by atoms with Crippen LogP contribution in [0.5, 0.6) is 0 Å². The topological polar surface area (TPSA) is 98.5 Å². The number of sulfonamides is 1. The highest BCUT2D eigenvalue weighted by Crippen LogP contribution is 2.20. The molecule has 0 aliphatic heterocycles. The molecule has 1 rings (SSSR count). The summed E-state index contributed by atoms with van der Waals surface area (Å²) in [5.74, 6) is -0.765. The van der Waals surface area contributed by atoms with Crippen LogP contribution < -0.4 is 10.5 Å². The molecule has 1 unspecified atom stereocenters. The van der Waals surface area contributed by atoms with Gasteiger partial charge in [0, 0.05) is 11.7 Å². The summed E-state index contributed by atoms with van der Waals surface area (Å²) in [5, 5.41) is 0. The standard InChI is InChI=1S/C12H16N2O4S/c1-4-8(2)14-19(16,17)11-6-5-9(13)7-10(11)12(15)18-3/h4-8,14H,1,13H2,2-3H3. The first-order valence-electron chi connectivity index (χ1n) is 5.44. The van der Waals surface area contributed by atoms with Gasteiger partial charge in [0.2, 0.25) is 10.0 Å². The zero-order valence-electron chi connectivity index (χ0n) is 10.7. The van der Waals surface area contributed by atoms with Crippen LogP contribution in [0.25, 0.3) is 0 Å². The molecule has 0 spiro atoms. The maximum Gasteiger partial charge on any atom is 0.339 e. The molecule has 0 aromatic heterocycles. The molecular weight excluding hydrogens is 268 g/mol. The third kappa shape index (κ3) is 3.55. The van der Waals surface area contributed by atoms with Gasteiger partial charge in [0.05, 0.1) is 17.6 Å². The Kier molecular flexibility index (Phi) is 4.68. The largest absolute Gasteiger partial charge is 0.465 e. The molecule has 0 saturated carbocycles. The fraction of sp³-hybridized carbons (Fsp3) is 0.250. The van der Waals surface area contributed by atoms with E-state index in [-0.39, 0.29) is 16.1 Å². The number of hydrogen-bond donors (Lipinski definition) is 2. The average molecular weight is 284 g/mol. The van der Waals surface area contributed by atoms with Gasteiger partial charge >= 0.3 is 5.97 Å². The summed E-state index contributed by atoms with van der Waals surface area (Å²) < 4.78 is 31.2. The number of benzene rings is 1. The molecule has 0 heterocycles. The van der Waals surface area contributed by atoms with Crippen LogP contribution in [0, 0.1) is 0 Å². The van der Waals surface area contributed by atoms with E-state index in [2.05, 4.69) is 16.0 Å². The first-order chi connectivity index (χ1) is 8.81. The molecule has 3 N–H and O–H groups in total. The summed E-state index contributed by atoms with van der Waals surface area (Å²) >= 11 is 0. The fourth-order valence-electron chi connectivity index (χ4n) is 1.41. The highest BCUT2D eigenvalue weighted by Gasteiger charge is 2.24. The molecule has 104 valence electrons. The second kappa shape index (κ2) is 5.85. The van der Waals surface area contributed by atoms with Gasteiger partial charge in [-0.1, -0.05) is 6.08 Å². The molecule has 0 aliphatic carbocycles. The number of methoxy groups -OCH3 is 1. The summed E-state index contributed by atoms with van der Waals surface area (Å²) in [7, 11) is -2.68. The highest BCUT2D eigenvalue weighted by molar-refractivity contribution is 7.89. The summed E-state index contributed by atoms with van der Waals surface area (Å²) in [6, 6.07) is 3.46. The van der Waals surface area contributed by atoms with Gasteiger partial charge in [-0.2, -0.15) is 0 Å². The van der Waals surface area contributed by atoms with Gasteiger partial charge in [0.15, 0.2) is 0 Å². The van der Waals surface area contributed by atoms with Crippen molar-refractivity contribution in [2.24, 2.45) is 0 Å². The van der Waals surface area contributed by atoms with Crippen molar-refractivity contribution in [2.45, 2.75) is 17.9 Å². The Bertz CT molecular complexity index is 596. The van der Waals surface area contributed by atoms with E-state index in [1.807, 2.05) is 0 Å². The number of esters is 1. The van der Waals surface area contributed by atoms with Gasteiger partial charge in [-0.15, -0.1) is 6.58 Å². The van der Waals surface area contributed by atoms with Crippen molar-refractivity contribution < 1.29 is 17.9 Å². The lowest BCUT2D eigenvalue weighted by atomic mass is 10.2. The fourth-order valence-corrected chi connectivity index (χ4v) is 2.80. The SMILES string of the molecule is C=CC(C)NS(=O)(=O)c1ccc(N)cc1C(=O)OC. The zero-order chi connectivity index (χ0) is 14.6. The first kappa shape index (κ1) is 15.2. The van der Waals surface area contributed by atoms with Crippen LogP contribution in [0.15, 0.2) is 35.7 Å². The number of anilines is 1. The van der Waals surface area contributed by atoms with Gasteiger partial charge in [0.25, 0.3) is 0 Å². The molecular formula is C12H16N2O4S. The summed E-state index contributed by atoms with van der Waals surface area (Å²) in [6.45, 7) is 5.11. The van der Waals surface area contributed by atoms with Crippen LogP contribution in [0.2, 0.25) is 0 Å². The third-order valence-electron chi connectivity index (χ3n) is 2.39. The zero-order valence-corrected chi connectivity index (χ0v) is 11.5. The molecule has 1 aromatic rings. The quantitative estimate of drug-likeness (QED) is 0.475. The van der Waals surface area contributed by atoms with E-state index in [1.165, 1.54) is 31.4 Å². The first-order valence-corrected chi connectivity index (χ1v) is 6.93. The number of carbonyl (C=O) groups is 1. The van der Waals surface area contributed by atoms with Gasteiger partial charge in [0.1, 0.15) is 0 Å².